The Morgan fingerprint density at radius 1 is 1.35 bits per heavy atom. The van der Waals surface area contributed by atoms with E-state index in [4.69, 9.17) is 0 Å². The van der Waals surface area contributed by atoms with Crippen molar-refractivity contribution in [3.63, 3.8) is 0 Å². The Bertz CT molecular complexity index is 344. The van der Waals surface area contributed by atoms with Crippen LogP contribution in [0.25, 0.3) is 0 Å². The fourth-order valence-corrected chi connectivity index (χ4v) is 1.48. The summed E-state index contributed by atoms with van der Waals surface area (Å²) in [4.78, 5) is 11.5. The lowest BCUT2D eigenvalue weighted by Crippen LogP contribution is -2.28. The van der Waals surface area contributed by atoms with E-state index >= 15 is 0 Å². The summed E-state index contributed by atoms with van der Waals surface area (Å²) >= 11 is 0. The zero-order valence-corrected chi connectivity index (χ0v) is 10.6. The topological polar surface area (TPSA) is 41.1 Å². The van der Waals surface area contributed by atoms with Gasteiger partial charge in [0.05, 0.1) is 6.54 Å². The van der Waals surface area contributed by atoms with Gasteiger partial charge in [0.15, 0.2) is 0 Å². The molecule has 0 bridgehead atoms. The van der Waals surface area contributed by atoms with Gasteiger partial charge in [-0.3, -0.25) is 4.79 Å². The van der Waals surface area contributed by atoms with Crippen LogP contribution < -0.4 is 10.6 Å². The molecule has 1 rings (SSSR count). The molecule has 0 aliphatic carbocycles. The summed E-state index contributed by atoms with van der Waals surface area (Å²) < 4.78 is 0. The lowest BCUT2D eigenvalue weighted by molar-refractivity contribution is -0.115. The molecule has 1 aromatic carbocycles. The maximum absolute atomic E-state index is 11.5. The van der Waals surface area contributed by atoms with Crippen LogP contribution in [-0.2, 0) is 4.79 Å². The van der Waals surface area contributed by atoms with E-state index in [1.807, 2.05) is 31.2 Å². The number of nitrogens with one attached hydrogen (secondary N) is 2. The highest BCUT2D eigenvalue weighted by Gasteiger charge is 2.02. The normalized spacial score (nSPS) is 10.6. The van der Waals surface area contributed by atoms with Gasteiger partial charge in [-0.05, 0) is 43.5 Å². The van der Waals surface area contributed by atoms with Crippen molar-refractivity contribution >= 4 is 11.6 Å². The maximum Gasteiger partial charge on any atom is 0.238 e. The van der Waals surface area contributed by atoms with Crippen molar-refractivity contribution in [2.75, 3.05) is 18.4 Å². The third-order valence-corrected chi connectivity index (χ3v) is 2.48. The van der Waals surface area contributed by atoms with Gasteiger partial charge in [0.25, 0.3) is 0 Å². The zero-order chi connectivity index (χ0) is 12.7. The Morgan fingerprint density at radius 3 is 2.53 bits per heavy atom. The van der Waals surface area contributed by atoms with Gasteiger partial charge in [0, 0.05) is 5.69 Å². The molecule has 0 aromatic heterocycles. The summed E-state index contributed by atoms with van der Waals surface area (Å²) in [5, 5.41) is 5.91. The molecule has 3 nitrogen and oxygen atoms in total. The number of rotatable bonds is 6. The molecule has 2 N–H and O–H groups in total. The smallest absolute Gasteiger partial charge is 0.238 e. The predicted octanol–water partition coefficient (Wildman–Crippen LogP) is 2.56. The number of hydrogen-bond acceptors (Lipinski definition) is 2. The molecule has 0 spiro atoms. The van der Waals surface area contributed by atoms with Crippen LogP contribution in [0, 0.1) is 6.92 Å². The first-order valence-corrected chi connectivity index (χ1v) is 6.07. The fourth-order valence-electron chi connectivity index (χ4n) is 1.48. The second kappa shape index (κ2) is 7.07. The number of carbonyl (C=O) groups excluding carboxylic acids is 1. The lowest BCUT2D eigenvalue weighted by atomic mass is 10.0. The minimum atomic E-state index is -0.00567. The summed E-state index contributed by atoms with van der Waals surface area (Å²) in [6, 6.07) is 7.81. The molecule has 93 valence electrons. The molecule has 1 unspecified atom stereocenters. The van der Waals surface area contributed by atoms with Crippen LogP contribution in [-0.4, -0.2) is 19.0 Å². The molecule has 17 heavy (non-hydrogen) atoms. The van der Waals surface area contributed by atoms with Gasteiger partial charge in [0.1, 0.15) is 0 Å². The molecule has 1 amide bonds. The molecular formula is C14H21N2O. The largest absolute Gasteiger partial charge is 0.325 e. The van der Waals surface area contributed by atoms with Crippen molar-refractivity contribution in [1.82, 2.24) is 5.32 Å². The summed E-state index contributed by atoms with van der Waals surface area (Å²) in [5.41, 5.74) is 2.00. The molecule has 0 aliphatic rings. The Hall–Kier alpha value is -1.35. The minimum absolute atomic E-state index is 0.00567. The van der Waals surface area contributed by atoms with Crippen molar-refractivity contribution in [3.8, 4) is 0 Å². The van der Waals surface area contributed by atoms with E-state index in [1.165, 1.54) is 5.56 Å². The van der Waals surface area contributed by atoms with E-state index < -0.39 is 0 Å². The average Bonchev–Trinajstić information content (AvgIpc) is 2.30. The van der Waals surface area contributed by atoms with Crippen LogP contribution in [0.4, 0.5) is 5.69 Å². The highest BCUT2D eigenvalue weighted by Crippen LogP contribution is 2.16. The van der Waals surface area contributed by atoms with Gasteiger partial charge in [-0.15, -0.1) is 0 Å². The van der Waals surface area contributed by atoms with Crippen molar-refractivity contribution in [2.24, 2.45) is 0 Å². The summed E-state index contributed by atoms with van der Waals surface area (Å²) in [6.45, 7) is 9.30. The molecular weight excluding hydrogens is 212 g/mol. The minimum Gasteiger partial charge on any atom is -0.325 e. The Balaban J connectivity index is 2.43. The standard InChI is InChI=1S/C14H21N2O/c1-4-9-15-10-14(17)16-13-7-5-12(6-8-13)11(2)3/h5-8,11,15H,2,4,9-10H2,1,3H3,(H,16,17). The molecule has 1 atom stereocenters. The van der Waals surface area contributed by atoms with Crippen molar-refractivity contribution in [3.05, 3.63) is 36.8 Å². The van der Waals surface area contributed by atoms with Crippen LogP contribution in [0.3, 0.4) is 0 Å². The lowest BCUT2D eigenvalue weighted by Gasteiger charge is -2.08. The van der Waals surface area contributed by atoms with Crippen molar-refractivity contribution in [2.45, 2.75) is 26.2 Å². The SMILES string of the molecule is [CH2]C(C)c1ccc(NC(=O)CNCCC)cc1. The van der Waals surface area contributed by atoms with E-state index in [2.05, 4.69) is 24.5 Å². The highest BCUT2D eigenvalue weighted by atomic mass is 16.1. The second-order valence-corrected chi connectivity index (χ2v) is 4.25. The zero-order valence-electron chi connectivity index (χ0n) is 10.6. The quantitative estimate of drug-likeness (QED) is 0.741. The number of anilines is 1. The summed E-state index contributed by atoms with van der Waals surface area (Å²) in [5.74, 6) is 0.264. The van der Waals surface area contributed by atoms with Crippen molar-refractivity contribution in [1.29, 1.82) is 0 Å². The number of carbonyl (C=O) groups is 1. The molecule has 0 aliphatic heterocycles. The third kappa shape index (κ3) is 5.00. The number of hydrogen-bond donors (Lipinski definition) is 2. The van der Waals surface area contributed by atoms with E-state index in [1.54, 1.807) is 0 Å². The molecule has 3 heteroatoms. The highest BCUT2D eigenvalue weighted by molar-refractivity contribution is 5.92. The van der Waals surface area contributed by atoms with E-state index in [-0.39, 0.29) is 11.8 Å². The van der Waals surface area contributed by atoms with E-state index in [9.17, 15) is 4.79 Å². The van der Waals surface area contributed by atoms with Crippen LogP contribution in [0.15, 0.2) is 24.3 Å². The monoisotopic (exact) mass is 233 g/mol. The molecule has 0 saturated carbocycles. The number of amides is 1. The first-order valence-electron chi connectivity index (χ1n) is 6.07. The predicted molar refractivity (Wildman–Crippen MR) is 72.0 cm³/mol. The van der Waals surface area contributed by atoms with Crippen molar-refractivity contribution < 1.29 is 4.79 Å². The summed E-state index contributed by atoms with van der Waals surface area (Å²) in [7, 11) is 0. The Kier molecular flexibility index (Phi) is 5.70. The van der Waals surface area contributed by atoms with Crippen LogP contribution >= 0.6 is 0 Å². The number of benzene rings is 1. The van der Waals surface area contributed by atoms with Gasteiger partial charge in [-0.2, -0.15) is 0 Å². The molecule has 0 fully saturated rings. The van der Waals surface area contributed by atoms with Gasteiger partial charge >= 0.3 is 0 Å². The van der Waals surface area contributed by atoms with Crippen LogP contribution in [0.1, 0.15) is 31.7 Å². The first-order chi connectivity index (χ1) is 8.13. The van der Waals surface area contributed by atoms with Gasteiger partial charge in [-0.25, -0.2) is 0 Å². The summed E-state index contributed by atoms with van der Waals surface area (Å²) in [6.07, 6.45) is 1.03. The molecule has 0 saturated heterocycles. The Labute approximate surface area is 104 Å². The van der Waals surface area contributed by atoms with Gasteiger partial charge < -0.3 is 10.6 Å². The molecule has 1 aromatic rings. The molecule has 0 heterocycles. The third-order valence-electron chi connectivity index (χ3n) is 2.48. The van der Waals surface area contributed by atoms with Crippen LogP contribution in [0.5, 0.6) is 0 Å². The second-order valence-electron chi connectivity index (χ2n) is 4.25. The van der Waals surface area contributed by atoms with E-state index in [0.29, 0.717) is 6.54 Å². The van der Waals surface area contributed by atoms with Gasteiger partial charge in [-0.1, -0.05) is 26.0 Å². The Morgan fingerprint density at radius 2 is 2.00 bits per heavy atom. The van der Waals surface area contributed by atoms with Gasteiger partial charge in [0.2, 0.25) is 5.91 Å². The van der Waals surface area contributed by atoms with Crippen LogP contribution in [0.2, 0.25) is 0 Å². The molecule has 1 radical (unpaired) electrons. The van der Waals surface area contributed by atoms with E-state index in [0.717, 1.165) is 18.7 Å². The first kappa shape index (κ1) is 13.7. The average molecular weight is 233 g/mol. The maximum atomic E-state index is 11.5. The fraction of sp³-hybridized carbons (Fsp3) is 0.429.